The molecule has 7 heteroatoms. The van der Waals surface area contributed by atoms with Crippen molar-refractivity contribution >= 4 is 58.4 Å². The number of para-hydroxylation sites is 1. The zero-order chi connectivity index (χ0) is 12.1. The number of halogens is 1. The molecule has 0 saturated carbocycles. The van der Waals surface area contributed by atoms with Crippen LogP contribution in [0.1, 0.15) is 0 Å². The van der Waals surface area contributed by atoms with E-state index in [9.17, 15) is 0 Å². The monoisotopic (exact) mass is 273 g/mol. The SMILES string of the molecule is OB(O)c1cc2ccccc2nc1Cl.SS. The Bertz CT molecular complexity index is 484. The van der Waals surface area contributed by atoms with Gasteiger partial charge in [0.2, 0.25) is 0 Å². The third-order valence-electron chi connectivity index (χ3n) is 1.98. The van der Waals surface area contributed by atoms with Crippen LogP contribution in [-0.4, -0.2) is 22.2 Å². The quantitative estimate of drug-likeness (QED) is 0.274. The molecule has 2 aromatic rings. The molecule has 1 aromatic heterocycles. The zero-order valence-corrected chi connectivity index (χ0v) is 10.6. The average Bonchev–Trinajstić information content (AvgIpc) is 2.30. The van der Waals surface area contributed by atoms with E-state index in [1.807, 2.05) is 24.3 Å². The molecule has 0 atom stereocenters. The Kier molecular flexibility index (Phi) is 5.44. The first-order chi connectivity index (χ1) is 7.68. The Morgan fingerprint density at radius 3 is 2.44 bits per heavy atom. The summed E-state index contributed by atoms with van der Waals surface area (Å²) in [5.74, 6) is 0. The number of thiol groups is 2. The molecule has 0 radical (unpaired) electrons. The number of pyridine rings is 1. The lowest BCUT2D eigenvalue weighted by molar-refractivity contribution is 0.425. The molecule has 0 unspecified atom stereocenters. The van der Waals surface area contributed by atoms with Gasteiger partial charge in [-0.05, 0) is 17.5 Å². The van der Waals surface area contributed by atoms with E-state index >= 15 is 0 Å². The maximum absolute atomic E-state index is 9.00. The van der Waals surface area contributed by atoms with Crippen molar-refractivity contribution in [2.45, 2.75) is 0 Å². The van der Waals surface area contributed by atoms with Gasteiger partial charge >= 0.3 is 7.12 Å². The summed E-state index contributed by atoms with van der Waals surface area (Å²) in [7, 11) is -1.58. The average molecular weight is 274 g/mol. The molecule has 3 nitrogen and oxygen atoms in total. The lowest BCUT2D eigenvalue weighted by Crippen LogP contribution is -2.31. The molecule has 0 bridgehead atoms. The van der Waals surface area contributed by atoms with Gasteiger partial charge in [-0.25, -0.2) is 4.98 Å². The standard InChI is InChI=1S/C9H7BClNO2.H2S2/c11-9-7(10(13)14)5-6-3-1-2-4-8(6)12-9;1-2/h1-5,13-14H;1-2H. The van der Waals surface area contributed by atoms with Crippen molar-refractivity contribution in [3.05, 3.63) is 35.5 Å². The Labute approximate surface area is 109 Å². The number of benzene rings is 1. The van der Waals surface area contributed by atoms with Gasteiger partial charge in [-0.15, -0.1) is 23.3 Å². The summed E-state index contributed by atoms with van der Waals surface area (Å²) < 4.78 is 0. The minimum atomic E-state index is -1.58. The topological polar surface area (TPSA) is 53.4 Å². The van der Waals surface area contributed by atoms with E-state index in [2.05, 4.69) is 28.3 Å². The summed E-state index contributed by atoms with van der Waals surface area (Å²) >= 11 is 12.2. The number of rotatable bonds is 1. The number of hydrogen-bond acceptors (Lipinski definition) is 5. The Morgan fingerprint density at radius 1 is 1.19 bits per heavy atom. The Balaban J connectivity index is 0.000000606. The fourth-order valence-corrected chi connectivity index (χ4v) is 1.53. The molecular weight excluding hydrogens is 265 g/mol. The van der Waals surface area contributed by atoms with E-state index in [0.717, 1.165) is 10.9 Å². The van der Waals surface area contributed by atoms with Gasteiger partial charge in [0.05, 0.1) is 5.52 Å². The number of hydrogen-bond donors (Lipinski definition) is 4. The molecule has 1 aromatic carbocycles. The molecule has 16 heavy (non-hydrogen) atoms. The summed E-state index contributed by atoms with van der Waals surface area (Å²) in [5.41, 5.74) is 0.965. The highest BCUT2D eigenvalue weighted by Crippen LogP contribution is 2.13. The maximum atomic E-state index is 9.00. The van der Waals surface area contributed by atoms with Gasteiger partial charge in [0, 0.05) is 5.46 Å². The van der Waals surface area contributed by atoms with Crippen LogP contribution in [0, 0.1) is 0 Å². The fraction of sp³-hybridized carbons (Fsp3) is 0. The van der Waals surface area contributed by atoms with E-state index < -0.39 is 7.12 Å². The van der Waals surface area contributed by atoms with Crippen LogP contribution in [0.2, 0.25) is 5.15 Å². The first-order valence-electron chi connectivity index (χ1n) is 4.30. The Morgan fingerprint density at radius 2 is 1.81 bits per heavy atom. The molecule has 84 valence electrons. The van der Waals surface area contributed by atoms with E-state index in [0.29, 0.717) is 0 Å². The van der Waals surface area contributed by atoms with Gasteiger partial charge in [-0.2, -0.15) is 0 Å². The minimum Gasteiger partial charge on any atom is -0.423 e. The molecular formula is C9H9BClNO2S2. The summed E-state index contributed by atoms with van der Waals surface area (Å²) in [6.07, 6.45) is 0. The molecule has 1 heterocycles. The third kappa shape index (κ3) is 3.05. The highest BCUT2D eigenvalue weighted by molar-refractivity contribution is 8.59. The predicted octanol–water partition coefficient (Wildman–Crippen LogP) is 1.33. The van der Waals surface area contributed by atoms with Gasteiger partial charge in [-0.1, -0.05) is 29.8 Å². The van der Waals surface area contributed by atoms with Crippen molar-refractivity contribution in [1.29, 1.82) is 0 Å². The number of nitrogens with zero attached hydrogens (tertiary/aromatic N) is 1. The summed E-state index contributed by atoms with van der Waals surface area (Å²) in [6, 6.07) is 8.97. The molecule has 0 aliphatic carbocycles. The van der Waals surface area contributed by atoms with Crippen LogP contribution in [0.25, 0.3) is 10.9 Å². The van der Waals surface area contributed by atoms with Gasteiger partial charge in [-0.3, -0.25) is 0 Å². The van der Waals surface area contributed by atoms with Crippen molar-refractivity contribution in [3.8, 4) is 0 Å². The normalized spacial score (nSPS) is 9.56. The van der Waals surface area contributed by atoms with E-state index in [1.165, 1.54) is 0 Å². The van der Waals surface area contributed by atoms with Crippen LogP contribution in [0.15, 0.2) is 30.3 Å². The van der Waals surface area contributed by atoms with Crippen molar-refractivity contribution in [3.63, 3.8) is 0 Å². The van der Waals surface area contributed by atoms with E-state index in [1.54, 1.807) is 6.07 Å². The smallest absolute Gasteiger partial charge is 0.423 e. The molecule has 0 saturated heterocycles. The van der Waals surface area contributed by atoms with Crippen LogP contribution >= 0.6 is 34.9 Å². The molecule has 0 amide bonds. The molecule has 2 rings (SSSR count). The molecule has 0 spiro atoms. The van der Waals surface area contributed by atoms with Gasteiger partial charge in [0.15, 0.2) is 0 Å². The molecule has 2 N–H and O–H groups in total. The summed E-state index contributed by atoms with van der Waals surface area (Å²) in [4.78, 5) is 4.04. The summed E-state index contributed by atoms with van der Waals surface area (Å²) in [6.45, 7) is 0. The van der Waals surface area contributed by atoms with Crippen LogP contribution in [0.4, 0.5) is 0 Å². The van der Waals surface area contributed by atoms with E-state index in [4.69, 9.17) is 21.6 Å². The predicted molar refractivity (Wildman–Crippen MR) is 74.6 cm³/mol. The minimum absolute atomic E-state index is 0.124. The largest absolute Gasteiger partial charge is 0.491 e. The van der Waals surface area contributed by atoms with Crippen molar-refractivity contribution in [2.75, 3.05) is 0 Å². The van der Waals surface area contributed by atoms with Crippen LogP contribution in [0.3, 0.4) is 0 Å². The van der Waals surface area contributed by atoms with Crippen LogP contribution in [-0.2, 0) is 0 Å². The second-order valence-electron chi connectivity index (χ2n) is 2.93. The highest BCUT2D eigenvalue weighted by atomic mass is 35.5. The molecule has 0 aliphatic rings. The first-order valence-corrected chi connectivity index (χ1v) is 6.27. The number of aromatic nitrogens is 1. The highest BCUT2D eigenvalue weighted by Gasteiger charge is 2.16. The Hall–Kier alpha value is -0.395. The number of fused-ring (bicyclic) bond motifs is 1. The fourth-order valence-electron chi connectivity index (χ4n) is 1.29. The zero-order valence-electron chi connectivity index (χ0n) is 8.08. The third-order valence-corrected chi connectivity index (χ3v) is 2.29. The van der Waals surface area contributed by atoms with Gasteiger partial charge < -0.3 is 10.0 Å². The maximum Gasteiger partial charge on any atom is 0.491 e. The van der Waals surface area contributed by atoms with Crippen LogP contribution in [0.5, 0.6) is 0 Å². The lowest BCUT2D eigenvalue weighted by atomic mass is 9.81. The lowest BCUT2D eigenvalue weighted by Gasteiger charge is -2.04. The van der Waals surface area contributed by atoms with Crippen molar-refractivity contribution in [2.24, 2.45) is 0 Å². The van der Waals surface area contributed by atoms with E-state index in [-0.39, 0.29) is 10.6 Å². The van der Waals surface area contributed by atoms with Gasteiger partial charge in [0.25, 0.3) is 0 Å². The second-order valence-corrected chi connectivity index (χ2v) is 3.29. The van der Waals surface area contributed by atoms with Crippen molar-refractivity contribution in [1.82, 2.24) is 4.98 Å². The summed E-state index contributed by atoms with van der Waals surface area (Å²) in [5, 5.41) is 18.9. The van der Waals surface area contributed by atoms with Crippen molar-refractivity contribution < 1.29 is 10.0 Å². The first kappa shape index (κ1) is 13.7. The molecule has 0 aliphatic heterocycles. The van der Waals surface area contributed by atoms with Crippen LogP contribution < -0.4 is 5.46 Å². The second kappa shape index (κ2) is 6.37. The molecule has 0 fully saturated rings. The van der Waals surface area contributed by atoms with Gasteiger partial charge in [0.1, 0.15) is 5.15 Å².